The Kier molecular flexibility index (Phi) is 5.05. The van der Waals surface area contributed by atoms with Crippen LogP contribution in [0.3, 0.4) is 0 Å². The summed E-state index contributed by atoms with van der Waals surface area (Å²) in [5.41, 5.74) is 5.91. The van der Waals surface area contributed by atoms with Crippen molar-refractivity contribution in [2.24, 2.45) is 5.84 Å². The van der Waals surface area contributed by atoms with E-state index < -0.39 is 0 Å². The molecular weight excluding hydrogens is 340 g/mol. The molecule has 1 unspecified atom stereocenters. The van der Waals surface area contributed by atoms with Crippen molar-refractivity contribution in [1.29, 1.82) is 0 Å². The van der Waals surface area contributed by atoms with Crippen molar-refractivity contribution in [3.8, 4) is 5.75 Å². The van der Waals surface area contributed by atoms with E-state index >= 15 is 0 Å². The minimum atomic E-state index is -0.175. The second kappa shape index (κ2) is 6.59. The van der Waals surface area contributed by atoms with Gasteiger partial charge in [-0.05, 0) is 57.7 Å². The highest BCUT2D eigenvalue weighted by Crippen LogP contribution is 2.34. The lowest BCUT2D eigenvalue weighted by Gasteiger charge is -2.21. The number of aryl methyl sites for hydroxylation is 1. The molecule has 0 bridgehead atoms. The van der Waals surface area contributed by atoms with Gasteiger partial charge in [-0.25, -0.2) is 5.43 Å². The average Bonchev–Trinajstić information content (AvgIpc) is 2.45. The molecule has 1 atom stereocenters. The molecule has 0 aliphatic heterocycles. The van der Waals surface area contributed by atoms with Crippen LogP contribution in [0.15, 0.2) is 40.9 Å². The first kappa shape index (κ1) is 15.3. The van der Waals surface area contributed by atoms with Gasteiger partial charge < -0.3 is 4.74 Å². The van der Waals surface area contributed by atoms with Gasteiger partial charge in [-0.3, -0.25) is 5.84 Å². The fraction of sp³-hybridized carbons (Fsp3) is 0.200. The third-order valence-corrected chi connectivity index (χ3v) is 4.56. The number of methoxy groups -OCH3 is 1. The van der Waals surface area contributed by atoms with Crippen molar-refractivity contribution in [3.63, 3.8) is 0 Å². The lowest BCUT2D eigenvalue weighted by atomic mass is 9.95. The summed E-state index contributed by atoms with van der Waals surface area (Å²) in [5.74, 6) is 6.56. The first-order chi connectivity index (χ1) is 9.58. The zero-order valence-electron chi connectivity index (χ0n) is 11.3. The van der Waals surface area contributed by atoms with Crippen LogP contribution in [0.25, 0.3) is 0 Å². The summed E-state index contributed by atoms with van der Waals surface area (Å²) < 4.78 is 6.08. The molecular formula is C15H16BrClN2O. The summed E-state index contributed by atoms with van der Waals surface area (Å²) in [5, 5.41) is 0.658. The lowest BCUT2D eigenvalue weighted by Crippen LogP contribution is -2.29. The van der Waals surface area contributed by atoms with Crippen LogP contribution in [-0.4, -0.2) is 7.11 Å². The molecule has 106 valence electrons. The van der Waals surface area contributed by atoms with Crippen LogP contribution in [0.5, 0.6) is 5.75 Å². The third-order valence-electron chi connectivity index (χ3n) is 3.25. The molecule has 2 rings (SSSR count). The normalized spacial score (nSPS) is 12.2. The Morgan fingerprint density at radius 2 is 2.00 bits per heavy atom. The number of ether oxygens (including phenoxy) is 1. The molecule has 0 spiro atoms. The topological polar surface area (TPSA) is 47.3 Å². The summed E-state index contributed by atoms with van der Waals surface area (Å²) in [6.07, 6.45) is 0. The number of nitrogens with two attached hydrogens (primary N) is 1. The fourth-order valence-electron chi connectivity index (χ4n) is 2.19. The molecule has 2 aromatic carbocycles. The number of halogens is 2. The maximum Gasteiger partial charge on any atom is 0.119 e. The summed E-state index contributed by atoms with van der Waals surface area (Å²) in [6.45, 7) is 2.02. The van der Waals surface area contributed by atoms with Crippen LogP contribution in [0, 0.1) is 6.92 Å². The van der Waals surface area contributed by atoms with Crippen molar-refractivity contribution in [2.45, 2.75) is 13.0 Å². The summed E-state index contributed by atoms with van der Waals surface area (Å²) in [4.78, 5) is 0. The Hall–Kier alpha value is -1.07. The Bertz CT molecular complexity index is 619. The Balaban J connectivity index is 2.50. The molecule has 0 heterocycles. The molecule has 0 radical (unpaired) electrons. The predicted octanol–water partition coefficient (Wildman–Crippen LogP) is 3.97. The van der Waals surface area contributed by atoms with Gasteiger partial charge in [-0.1, -0.05) is 29.8 Å². The molecule has 3 nitrogen and oxygen atoms in total. The second-order valence-corrected chi connectivity index (χ2v) is 5.70. The second-order valence-electron chi connectivity index (χ2n) is 4.47. The highest BCUT2D eigenvalue weighted by molar-refractivity contribution is 9.10. The van der Waals surface area contributed by atoms with Gasteiger partial charge in [-0.2, -0.15) is 0 Å². The maximum absolute atomic E-state index is 6.36. The van der Waals surface area contributed by atoms with E-state index in [1.165, 1.54) is 0 Å². The summed E-state index contributed by atoms with van der Waals surface area (Å²) in [6, 6.07) is 11.5. The Morgan fingerprint density at radius 1 is 1.25 bits per heavy atom. The SMILES string of the molecule is COc1ccc(C(NN)c2cccc(Br)c2Cl)c(C)c1. The van der Waals surface area contributed by atoms with Gasteiger partial charge in [0.2, 0.25) is 0 Å². The van der Waals surface area contributed by atoms with Crippen molar-refractivity contribution < 1.29 is 4.74 Å². The Labute approximate surface area is 132 Å². The van der Waals surface area contributed by atoms with E-state index in [9.17, 15) is 0 Å². The van der Waals surface area contributed by atoms with E-state index in [4.69, 9.17) is 22.2 Å². The van der Waals surface area contributed by atoms with E-state index in [1.54, 1.807) is 7.11 Å². The largest absolute Gasteiger partial charge is 0.497 e. The molecule has 0 saturated carbocycles. The van der Waals surface area contributed by atoms with Crippen LogP contribution in [0.1, 0.15) is 22.7 Å². The third kappa shape index (κ3) is 2.99. The zero-order valence-corrected chi connectivity index (χ0v) is 13.6. The van der Waals surface area contributed by atoms with Crippen LogP contribution >= 0.6 is 27.5 Å². The van der Waals surface area contributed by atoms with Gasteiger partial charge in [0.05, 0.1) is 18.2 Å². The summed E-state index contributed by atoms with van der Waals surface area (Å²) >= 11 is 9.80. The van der Waals surface area contributed by atoms with Gasteiger partial charge in [0.25, 0.3) is 0 Å². The smallest absolute Gasteiger partial charge is 0.119 e. The highest BCUT2D eigenvalue weighted by atomic mass is 79.9. The maximum atomic E-state index is 6.36. The molecule has 20 heavy (non-hydrogen) atoms. The van der Waals surface area contributed by atoms with Gasteiger partial charge in [0.1, 0.15) is 5.75 Å². The molecule has 0 fully saturated rings. The monoisotopic (exact) mass is 354 g/mol. The minimum absolute atomic E-state index is 0.175. The van der Waals surface area contributed by atoms with E-state index in [-0.39, 0.29) is 6.04 Å². The van der Waals surface area contributed by atoms with Gasteiger partial charge in [-0.15, -0.1) is 0 Å². The first-order valence-electron chi connectivity index (χ1n) is 6.13. The Morgan fingerprint density at radius 3 is 2.60 bits per heavy atom. The van der Waals surface area contributed by atoms with Gasteiger partial charge in [0, 0.05) is 4.47 Å². The molecule has 3 N–H and O–H groups in total. The number of hydrazine groups is 1. The molecule has 0 aliphatic rings. The van der Waals surface area contributed by atoms with Crippen LogP contribution in [-0.2, 0) is 0 Å². The molecule has 5 heteroatoms. The molecule has 2 aromatic rings. The lowest BCUT2D eigenvalue weighted by molar-refractivity contribution is 0.414. The quantitative estimate of drug-likeness (QED) is 0.644. The first-order valence-corrected chi connectivity index (χ1v) is 7.30. The molecule has 0 saturated heterocycles. The molecule has 0 aliphatic carbocycles. The van der Waals surface area contributed by atoms with Crippen molar-refractivity contribution in [1.82, 2.24) is 5.43 Å². The number of hydrogen-bond donors (Lipinski definition) is 2. The van der Waals surface area contributed by atoms with E-state index in [0.717, 1.165) is 26.9 Å². The number of benzene rings is 2. The van der Waals surface area contributed by atoms with Crippen LogP contribution in [0.2, 0.25) is 5.02 Å². The van der Waals surface area contributed by atoms with Gasteiger partial charge in [0.15, 0.2) is 0 Å². The highest BCUT2D eigenvalue weighted by Gasteiger charge is 2.18. The number of rotatable bonds is 4. The zero-order chi connectivity index (χ0) is 14.7. The van der Waals surface area contributed by atoms with Crippen LogP contribution < -0.4 is 16.0 Å². The van der Waals surface area contributed by atoms with E-state index in [0.29, 0.717) is 5.02 Å². The fourth-order valence-corrected chi connectivity index (χ4v) is 2.81. The van der Waals surface area contributed by atoms with Crippen molar-refractivity contribution in [3.05, 3.63) is 62.6 Å². The number of nitrogens with one attached hydrogen (secondary N) is 1. The standard InChI is InChI=1S/C15H16BrClN2O/c1-9-8-10(20-2)6-7-11(9)15(19-18)12-4-3-5-13(16)14(12)17/h3-8,15,19H,18H2,1-2H3. The van der Waals surface area contributed by atoms with Crippen molar-refractivity contribution >= 4 is 27.5 Å². The van der Waals surface area contributed by atoms with Crippen molar-refractivity contribution in [2.75, 3.05) is 7.11 Å². The van der Waals surface area contributed by atoms with Crippen LogP contribution in [0.4, 0.5) is 0 Å². The van der Waals surface area contributed by atoms with Gasteiger partial charge >= 0.3 is 0 Å². The minimum Gasteiger partial charge on any atom is -0.497 e. The predicted molar refractivity (Wildman–Crippen MR) is 86.0 cm³/mol. The summed E-state index contributed by atoms with van der Waals surface area (Å²) in [7, 11) is 1.65. The number of hydrogen-bond acceptors (Lipinski definition) is 3. The molecule has 0 aromatic heterocycles. The molecule has 0 amide bonds. The van der Waals surface area contributed by atoms with E-state index in [2.05, 4.69) is 21.4 Å². The van der Waals surface area contributed by atoms with E-state index in [1.807, 2.05) is 43.3 Å². The average molecular weight is 356 g/mol.